The summed E-state index contributed by atoms with van der Waals surface area (Å²) in [6.07, 6.45) is 3.94. The van der Waals surface area contributed by atoms with Gasteiger partial charge in [-0.15, -0.1) is 0 Å². The Bertz CT molecular complexity index is 4050. The maximum absolute atomic E-state index is 5.41. The molecule has 0 saturated carbocycles. The van der Waals surface area contributed by atoms with Crippen LogP contribution in [0.2, 0.25) is 0 Å². The van der Waals surface area contributed by atoms with Crippen molar-refractivity contribution in [2.45, 2.75) is 20.8 Å². The molecule has 13 aromatic rings. The summed E-state index contributed by atoms with van der Waals surface area (Å²) < 4.78 is 0. The van der Waals surface area contributed by atoms with Crippen molar-refractivity contribution >= 4 is 121 Å². The molecule has 67 heavy (non-hydrogen) atoms. The van der Waals surface area contributed by atoms with Gasteiger partial charge in [0.1, 0.15) is 11.6 Å². The van der Waals surface area contributed by atoms with Crippen LogP contribution < -0.4 is 9.80 Å². The minimum absolute atomic E-state index is 0.876. The smallest absolute Gasteiger partial charge is 0.145 e. The summed E-state index contributed by atoms with van der Waals surface area (Å²) in [5.41, 5.74) is 7.95. The molecule has 0 saturated heterocycles. The second-order valence-electron chi connectivity index (χ2n) is 17.9. The van der Waals surface area contributed by atoms with E-state index in [1.54, 1.807) is 0 Å². The fourth-order valence-electron chi connectivity index (χ4n) is 10.7. The van der Waals surface area contributed by atoms with Crippen LogP contribution in [-0.4, -0.2) is 9.97 Å². The van der Waals surface area contributed by atoms with Crippen LogP contribution in [-0.2, 0) is 0 Å². The first-order valence-corrected chi connectivity index (χ1v) is 23.1. The molecule has 4 heteroatoms. The molecule has 13 rings (SSSR count). The number of benzene rings is 11. The van der Waals surface area contributed by atoms with Crippen molar-refractivity contribution < 1.29 is 0 Å². The molecule has 4 nitrogen and oxygen atoms in total. The Kier molecular flexibility index (Phi) is 8.84. The summed E-state index contributed by atoms with van der Waals surface area (Å²) in [4.78, 5) is 15.8. The van der Waals surface area contributed by atoms with Gasteiger partial charge in [-0.1, -0.05) is 163 Å². The van der Waals surface area contributed by atoms with Crippen molar-refractivity contribution in [3.63, 3.8) is 0 Å². The molecule has 2 aromatic heterocycles. The number of pyridine rings is 2. The van der Waals surface area contributed by atoms with E-state index >= 15 is 0 Å². The maximum Gasteiger partial charge on any atom is 0.145 e. The molecule has 0 aliphatic heterocycles. The molecular formula is C63H44N4. The minimum Gasteiger partial charge on any atom is -0.292 e. The first kappa shape index (κ1) is 38.8. The molecule has 2 heterocycles. The van der Waals surface area contributed by atoms with Gasteiger partial charge in [0.15, 0.2) is 0 Å². The van der Waals surface area contributed by atoms with Crippen molar-refractivity contribution in [1.82, 2.24) is 9.97 Å². The average Bonchev–Trinajstić information content (AvgIpc) is 3.37. The summed E-state index contributed by atoms with van der Waals surface area (Å²) in [5, 5.41) is 18.2. The molecule has 0 fully saturated rings. The summed E-state index contributed by atoms with van der Waals surface area (Å²) in [6, 6.07) is 73.3. The Hall–Kier alpha value is -8.60. The molecule has 0 aliphatic carbocycles. The van der Waals surface area contributed by atoms with Crippen LogP contribution >= 0.6 is 0 Å². The summed E-state index contributed by atoms with van der Waals surface area (Å²) in [6.45, 7) is 6.70. The fraction of sp³-hybridized carbons (Fsp3) is 0.0476. The topological polar surface area (TPSA) is 32.3 Å². The van der Waals surface area contributed by atoms with Gasteiger partial charge in [0.2, 0.25) is 0 Å². The standard InChI is InChI=1S/C63H44N4/c1-39-28-29-54-55(34-39)61(67(63-53-27-15-5-17-43(53)31-33-65-63)59-50-24-12-8-20-46(50)38-47-21-9-13-25-51(47)59)57-36-41(3)40(2)35-56(57)60(54)66(62-52-26-14-4-16-42(52)30-32-64-62)58-48-22-10-6-18-44(48)37-45-19-7-11-23-49(45)58/h4-38H,1-3H3. The number of hydrogen-bond acceptors (Lipinski definition) is 4. The van der Waals surface area contributed by atoms with Crippen molar-refractivity contribution in [2.75, 3.05) is 9.80 Å². The molecule has 0 N–H and O–H groups in total. The van der Waals surface area contributed by atoms with E-state index in [1.165, 1.54) is 38.2 Å². The van der Waals surface area contributed by atoms with Crippen LogP contribution in [0.3, 0.4) is 0 Å². The average molecular weight is 857 g/mol. The number of rotatable bonds is 6. The zero-order valence-electron chi connectivity index (χ0n) is 37.5. The maximum atomic E-state index is 5.41. The quantitative estimate of drug-likeness (QED) is 0.123. The second-order valence-corrected chi connectivity index (χ2v) is 17.9. The van der Waals surface area contributed by atoms with Gasteiger partial charge in [0.25, 0.3) is 0 Å². The molecule has 0 unspecified atom stereocenters. The van der Waals surface area contributed by atoms with Crippen LogP contribution in [0.15, 0.2) is 213 Å². The molecule has 0 bridgehead atoms. The van der Waals surface area contributed by atoms with Crippen molar-refractivity contribution in [1.29, 1.82) is 0 Å². The van der Waals surface area contributed by atoms with Crippen molar-refractivity contribution in [3.05, 3.63) is 229 Å². The Morgan fingerprint density at radius 2 is 0.597 bits per heavy atom. The zero-order valence-corrected chi connectivity index (χ0v) is 37.5. The molecule has 0 spiro atoms. The van der Waals surface area contributed by atoms with E-state index in [0.717, 1.165) is 99.0 Å². The number of anilines is 6. The second kappa shape index (κ2) is 15.3. The lowest BCUT2D eigenvalue weighted by molar-refractivity contribution is 1.22. The zero-order chi connectivity index (χ0) is 44.8. The highest BCUT2D eigenvalue weighted by molar-refractivity contribution is 6.29. The van der Waals surface area contributed by atoms with Crippen LogP contribution in [0.4, 0.5) is 34.4 Å². The highest BCUT2D eigenvalue weighted by Gasteiger charge is 2.31. The lowest BCUT2D eigenvalue weighted by Crippen LogP contribution is -2.17. The van der Waals surface area contributed by atoms with Gasteiger partial charge >= 0.3 is 0 Å². The van der Waals surface area contributed by atoms with Crippen LogP contribution in [0, 0.1) is 20.8 Å². The Morgan fingerprint density at radius 1 is 0.269 bits per heavy atom. The number of aromatic nitrogens is 2. The van der Waals surface area contributed by atoms with Gasteiger partial charge in [0, 0.05) is 66.3 Å². The summed E-state index contributed by atoms with van der Waals surface area (Å²) in [7, 11) is 0. The highest BCUT2D eigenvalue weighted by atomic mass is 15.2. The number of nitrogens with zero attached hydrogens (tertiary/aromatic N) is 4. The van der Waals surface area contributed by atoms with E-state index in [0.29, 0.717) is 0 Å². The summed E-state index contributed by atoms with van der Waals surface area (Å²) in [5.74, 6) is 1.75. The minimum atomic E-state index is 0.876. The lowest BCUT2D eigenvalue weighted by atomic mass is 9.90. The van der Waals surface area contributed by atoms with E-state index in [2.05, 4.69) is 231 Å². The molecule has 0 amide bonds. The first-order valence-electron chi connectivity index (χ1n) is 23.1. The predicted octanol–water partition coefficient (Wildman–Crippen LogP) is 17.6. The van der Waals surface area contributed by atoms with Crippen molar-refractivity contribution in [2.24, 2.45) is 0 Å². The van der Waals surface area contributed by atoms with Crippen LogP contribution in [0.25, 0.3) is 86.2 Å². The summed E-state index contributed by atoms with van der Waals surface area (Å²) >= 11 is 0. The fourth-order valence-corrected chi connectivity index (χ4v) is 10.7. The van der Waals surface area contributed by atoms with E-state index in [1.807, 2.05) is 12.4 Å². The largest absolute Gasteiger partial charge is 0.292 e. The third-order valence-corrected chi connectivity index (χ3v) is 13.9. The van der Waals surface area contributed by atoms with Gasteiger partial charge < -0.3 is 0 Å². The lowest BCUT2D eigenvalue weighted by Gasteiger charge is -2.34. The number of aryl methyl sites for hydroxylation is 3. The monoisotopic (exact) mass is 856 g/mol. The van der Waals surface area contributed by atoms with Gasteiger partial charge in [-0.25, -0.2) is 9.97 Å². The number of hydrogen-bond donors (Lipinski definition) is 0. The van der Waals surface area contributed by atoms with Gasteiger partial charge in [-0.3, -0.25) is 9.80 Å². The third-order valence-electron chi connectivity index (χ3n) is 13.9. The molecule has 316 valence electrons. The molecular weight excluding hydrogens is 813 g/mol. The Balaban J connectivity index is 1.28. The predicted molar refractivity (Wildman–Crippen MR) is 286 cm³/mol. The van der Waals surface area contributed by atoms with Gasteiger partial charge in [-0.2, -0.15) is 0 Å². The van der Waals surface area contributed by atoms with Gasteiger partial charge in [0.05, 0.1) is 22.7 Å². The van der Waals surface area contributed by atoms with E-state index in [-0.39, 0.29) is 0 Å². The third kappa shape index (κ3) is 6.07. The van der Waals surface area contributed by atoms with E-state index in [4.69, 9.17) is 9.97 Å². The van der Waals surface area contributed by atoms with Crippen LogP contribution in [0.5, 0.6) is 0 Å². The highest BCUT2D eigenvalue weighted by Crippen LogP contribution is 2.56. The van der Waals surface area contributed by atoms with E-state index < -0.39 is 0 Å². The first-order chi connectivity index (χ1) is 33.0. The molecule has 0 aliphatic rings. The molecule has 0 radical (unpaired) electrons. The molecule has 11 aromatic carbocycles. The Morgan fingerprint density at radius 3 is 1.01 bits per heavy atom. The number of fused-ring (bicyclic) bond motifs is 8. The normalized spacial score (nSPS) is 11.8. The Labute approximate surface area is 388 Å². The SMILES string of the molecule is Cc1ccc2c(N(c3nccc4ccccc34)c3c4ccccc4cc4ccccc34)c3cc(C)c(C)cc3c(N(c3nccc4ccccc34)c3c4ccccc4cc4ccccc34)c2c1. The van der Waals surface area contributed by atoms with Crippen molar-refractivity contribution in [3.8, 4) is 0 Å². The van der Waals surface area contributed by atoms with Crippen LogP contribution in [0.1, 0.15) is 16.7 Å². The van der Waals surface area contributed by atoms with Gasteiger partial charge in [-0.05, 0) is 107 Å². The van der Waals surface area contributed by atoms with E-state index in [9.17, 15) is 0 Å². The molecule has 0 atom stereocenters.